The topological polar surface area (TPSA) is 46.9 Å². The van der Waals surface area contributed by atoms with Crippen LogP contribution in [-0.2, 0) is 11.3 Å². The molecule has 24 heavy (non-hydrogen) atoms. The van der Waals surface area contributed by atoms with Crippen molar-refractivity contribution in [2.75, 3.05) is 0 Å². The molecule has 0 bridgehead atoms. The second kappa shape index (κ2) is 7.84. The van der Waals surface area contributed by atoms with Crippen LogP contribution in [0.3, 0.4) is 0 Å². The number of aromatic nitrogens is 2. The summed E-state index contributed by atoms with van der Waals surface area (Å²) < 4.78 is 1.95. The van der Waals surface area contributed by atoms with Crippen molar-refractivity contribution in [3.05, 3.63) is 78.9 Å². The van der Waals surface area contributed by atoms with Crippen LogP contribution < -0.4 is 5.32 Å². The normalized spacial score (nSPS) is 11.9. The fourth-order valence-electron chi connectivity index (χ4n) is 2.29. The zero-order valence-electron chi connectivity index (χ0n) is 13.4. The maximum absolute atomic E-state index is 12.2. The molecule has 0 radical (unpaired) electrons. The number of benzene rings is 2. The van der Waals surface area contributed by atoms with Crippen molar-refractivity contribution in [1.82, 2.24) is 14.9 Å². The maximum Gasteiger partial charge on any atom is 0.233 e. The van der Waals surface area contributed by atoms with Gasteiger partial charge in [0, 0.05) is 29.5 Å². The Bertz CT molecular complexity index is 770. The Morgan fingerprint density at radius 2 is 1.92 bits per heavy atom. The third-order valence-electron chi connectivity index (χ3n) is 3.63. The number of amides is 1. The monoisotopic (exact) mass is 337 g/mol. The van der Waals surface area contributed by atoms with E-state index in [4.69, 9.17) is 0 Å². The summed E-state index contributed by atoms with van der Waals surface area (Å²) in [5.41, 5.74) is 2.12. The van der Waals surface area contributed by atoms with Gasteiger partial charge in [0.05, 0.1) is 11.6 Å². The summed E-state index contributed by atoms with van der Waals surface area (Å²) in [7, 11) is 0. The van der Waals surface area contributed by atoms with Crippen LogP contribution in [0.5, 0.6) is 0 Å². The molecular weight excluding hydrogens is 318 g/mol. The minimum atomic E-state index is -0.127. The highest BCUT2D eigenvalue weighted by Crippen LogP contribution is 2.22. The van der Waals surface area contributed by atoms with E-state index in [-0.39, 0.29) is 11.2 Å². The molecule has 3 aromatic rings. The van der Waals surface area contributed by atoms with E-state index in [0.717, 1.165) is 16.1 Å². The van der Waals surface area contributed by atoms with E-state index in [0.29, 0.717) is 6.54 Å². The van der Waals surface area contributed by atoms with Crippen LogP contribution in [0.2, 0.25) is 0 Å². The van der Waals surface area contributed by atoms with E-state index in [1.54, 1.807) is 24.3 Å². The van der Waals surface area contributed by atoms with Gasteiger partial charge in [-0.2, -0.15) is 0 Å². The first kappa shape index (κ1) is 16.3. The summed E-state index contributed by atoms with van der Waals surface area (Å²) >= 11 is 1.57. The van der Waals surface area contributed by atoms with Crippen LogP contribution in [0.15, 0.2) is 78.2 Å². The van der Waals surface area contributed by atoms with Crippen LogP contribution in [-0.4, -0.2) is 20.7 Å². The number of thioether (sulfide) groups is 1. The molecule has 1 N–H and O–H groups in total. The van der Waals surface area contributed by atoms with Crippen molar-refractivity contribution in [1.29, 1.82) is 0 Å². The molecule has 2 aromatic carbocycles. The predicted molar refractivity (Wildman–Crippen MR) is 97.2 cm³/mol. The van der Waals surface area contributed by atoms with Crippen molar-refractivity contribution < 1.29 is 4.79 Å². The largest absolute Gasteiger partial charge is 0.351 e. The fraction of sp³-hybridized carbons (Fsp3) is 0.158. The average Bonchev–Trinajstić information content (AvgIpc) is 3.15. The van der Waals surface area contributed by atoms with Crippen molar-refractivity contribution >= 4 is 17.7 Å². The molecular formula is C19H19N3OS. The number of nitrogens with zero attached hydrogens (tertiary/aromatic N) is 2. The average molecular weight is 337 g/mol. The van der Waals surface area contributed by atoms with Crippen LogP contribution in [0.1, 0.15) is 12.5 Å². The van der Waals surface area contributed by atoms with Gasteiger partial charge in [-0.15, -0.1) is 11.8 Å². The van der Waals surface area contributed by atoms with Crippen LogP contribution in [0.4, 0.5) is 0 Å². The Labute approximate surface area is 145 Å². The Kier molecular flexibility index (Phi) is 5.33. The number of nitrogens with one attached hydrogen (secondary N) is 1. The Hall–Kier alpha value is -2.53. The Morgan fingerprint density at radius 3 is 2.58 bits per heavy atom. The van der Waals surface area contributed by atoms with E-state index in [2.05, 4.69) is 10.3 Å². The molecule has 0 fully saturated rings. The maximum atomic E-state index is 12.2. The quantitative estimate of drug-likeness (QED) is 0.698. The molecule has 0 spiro atoms. The molecule has 0 saturated heterocycles. The number of carbonyl (C=O) groups excluding carboxylic acids is 1. The summed E-state index contributed by atoms with van der Waals surface area (Å²) in [6.45, 7) is 2.46. The van der Waals surface area contributed by atoms with Crippen molar-refractivity contribution in [3.8, 4) is 5.69 Å². The van der Waals surface area contributed by atoms with Gasteiger partial charge in [-0.05, 0) is 36.8 Å². The third-order valence-corrected chi connectivity index (χ3v) is 4.74. The fourth-order valence-corrected chi connectivity index (χ4v) is 3.20. The number of imidazole rings is 1. The predicted octanol–water partition coefficient (Wildman–Crippen LogP) is 3.67. The molecule has 122 valence electrons. The van der Waals surface area contributed by atoms with Crippen molar-refractivity contribution in [3.63, 3.8) is 0 Å². The molecule has 0 aliphatic heterocycles. The SMILES string of the molecule is CC(Sc1ccccc1)C(=O)NCc1ccc(-n2ccnc2)cc1. The minimum absolute atomic E-state index is 0.0440. The lowest BCUT2D eigenvalue weighted by Crippen LogP contribution is -2.30. The third kappa shape index (κ3) is 4.26. The van der Waals surface area contributed by atoms with Crippen LogP contribution >= 0.6 is 11.8 Å². The van der Waals surface area contributed by atoms with Gasteiger partial charge in [-0.25, -0.2) is 4.98 Å². The summed E-state index contributed by atoms with van der Waals surface area (Å²) in [5.74, 6) is 0.0440. The highest BCUT2D eigenvalue weighted by atomic mass is 32.2. The lowest BCUT2D eigenvalue weighted by Gasteiger charge is -2.12. The Balaban J connectivity index is 1.52. The summed E-state index contributed by atoms with van der Waals surface area (Å²) in [5, 5.41) is 2.87. The first-order valence-electron chi connectivity index (χ1n) is 7.79. The molecule has 4 nitrogen and oxygen atoms in total. The number of hydrogen-bond acceptors (Lipinski definition) is 3. The van der Waals surface area contributed by atoms with Gasteiger partial charge in [0.25, 0.3) is 0 Å². The lowest BCUT2D eigenvalue weighted by atomic mass is 10.2. The number of rotatable bonds is 6. The van der Waals surface area contributed by atoms with Gasteiger partial charge in [-0.3, -0.25) is 4.79 Å². The minimum Gasteiger partial charge on any atom is -0.351 e. The van der Waals surface area contributed by atoms with E-state index in [9.17, 15) is 4.79 Å². The molecule has 1 unspecified atom stereocenters. The van der Waals surface area contributed by atoms with E-state index in [1.807, 2.05) is 72.3 Å². The highest BCUT2D eigenvalue weighted by molar-refractivity contribution is 8.00. The van der Waals surface area contributed by atoms with Gasteiger partial charge in [0.15, 0.2) is 0 Å². The smallest absolute Gasteiger partial charge is 0.233 e. The molecule has 3 rings (SSSR count). The first-order valence-corrected chi connectivity index (χ1v) is 8.67. The van der Waals surface area contributed by atoms with E-state index < -0.39 is 0 Å². The van der Waals surface area contributed by atoms with Crippen LogP contribution in [0, 0.1) is 0 Å². The van der Waals surface area contributed by atoms with Gasteiger partial charge in [0.2, 0.25) is 5.91 Å². The summed E-state index contributed by atoms with van der Waals surface area (Å²) in [6, 6.07) is 18.0. The molecule has 0 aliphatic carbocycles. The summed E-state index contributed by atoms with van der Waals surface area (Å²) in [4.78, 5) is 17.4. The van der Waals surface area contributed by atoms with Crippen molar-refractivity contribution in [2.24, 2.45) is 0 Å². The van der Waals surface area contributed by atoms with Crippen molar-refractivity contribution in [2.45, 2.75) is 23.6 Å². The van der Waals surface area contributed by atoms with Gasteiger partial charge < -0.3 is 9.88 Å². The number of carbonyl (C=O) groups is 1. The van der Waals surface area contributed by atoms with E-state index in [1.165, 1.54) is 0 Å². The number of hydrogen-bond donors (Lipinski definition) is 1. The lowest BCUT2D eigenvalue weighted by molar-refractivity contribution is -0.120. The molecule has 0 aliphatic rings. The standard InChI is InChI=1S/C19H19N3OS/c1-15(24-18-5-3-2-4-6-18)19(23)21-13-16-7-9-17(10-8-16)22-12-11-20-14-22/h2-12,14-15H,13H2,1H3,(H,21,23). The zero-order valence-corrected chi connectivity index (χ0v) is 14.2. The molecule has 1 aromatic heterocycles. The highest BCUT2D eigenvalue weighted by Gasteiger charge is 2.13. The molecule has 1 atom stereocenters. The van der Waals surface area contributed by atoms with Crippen LogP contribution in [0.25, 0.3) is 5.69 Å². The Morgan fingerprint density at radius 1 is 1.17 bits per heavy atom. The second-order valence-electron chi connectivity index (χ2n) is 5.43. The second-order valence-corrected chi connectivity index (χ2v) is 6.84. The van der Waals surface area contributed by atoms with Gasteiger partial charge in [-0.1, -0.05) is 30.3 Å². The molecule has 0 saturated carbocycles. The van der Waals surface area contributed by atoms with E-state index >= 15 is 0 Å². The first-order chi connectivity index (χ1) is 11.7. The molecule has 1 amide bonds. The zero-order chi connectivity index (χ0) is 16.8. The molecule has 5 heteroatoms. The summed E-state index contributed by atoms with van der Waals surface area (Å²) in [6.07, 6.45) is 5.42. The van der Waals surface area contributed by atoms with Gasteiger partial charge >= 0.3 is 0 Å². The van der Waals surface area contributed by atoms with Gasteiger partial charge in [0.1, 0.15) is 0 Å². The molecule has 1 heterocycles.